The van der Waals surface area contributed by atoms with E-state index in [4.69, 9.17) is 10.5 Å². The van der Waals surface area contributed by atoms with Gasteiger partial charge in [-0.2, -0.15) is 0 Å². The molecule has 0 spiro atoms. The fourth-order valence-corrected chi connectivity index (χ4v) is 4.25. The molecular weight excluding hydrogens is 360 g/mol. The molecule has 1 amide bonds. The summed E-state index contributed by atoms with van der Waals surface area (Å²) in [7, 11) is 0. The lowest BCUT2D eigenvalue weighted by atomic mass is 10.0. The van der Waals surface area contributed by atoms with Crippen LogP contribution in [0.25, 0.3) is 0 Å². The number of carbonyl (C=O) groups excluding carboxylic acids is 1. The first-order chi connectivity index (χ1) is 13.2. The van der Waals surface area contributed by atoms with E-state index in [1.54, 1.807) is 12.1 Å². The summed E-state index contributed by atoms with van der Waals surface area (Å²) >= 11 is 0. The molecule has 3 rings (SSSR count). The average molecular weight is 390 g/mol. The Labute approximate surface area is 165 Å². The standard InChI is InChI=1S/C20H30N4O4/c1-20(2,3)28-18-13-15(6-7-16(18)24(26)27)22-11-8-14(9-12-22)23-10-4-5-17(23)19(21)25/h6-7,13-14,17H,4-5,8-12H2,1-3H3,(H2,21,25). The lowest BCUT2D eigenvalue weighted by molar-refractivity contribution is -0.386. The molecule has 2 aliphatic heterocycles. The van der Waals surface area contributed by atoms with E-state index in [9.17, 15) is 14.9 Å². The van der Waals surface area contributed by atoms with Gasteiger partial charge in [0.1, 0.15) is 5.60 Å². The minimum atomic E-state index is -0.518. The second-order valence-corrected chi connectivity index (χ2v) is 8.64. The summed E-state index contributed by atoms with van der Waals surface area (Å²) < 4.78 is 5.84. The normalized spacial score (nSPS) is 21.7. The van der Waals surface area contributed by atoms with Gasteiger partial charge in [-0.1, -0.05) is 0 Å². The summed E-state index contributed by atoms with van der Waals surface area (Å²) in [5.41, 5.74) is 5.95. The Balaban J connectivity index is 1.71. The number of anilines is 1. The topological polar surface area (TPSA) is 102 Å². The fraction of sp³-hybridized carbons (Fsp3) is 0.650. The van der Waals surface area contributed by atoms with Crippen molar-refractivity contribution in [1.82, 2.24) is 4.90 Å². The molecule has 0 saturated carbocycles. The van der Waals surface area contributed by atoms with Crippen LogP contribution in [0.4, 0.5) is 11.4 Å². The monoisotopic (exact) mass is 390 g/mol. The van der Waals surface area contributed by atoms with Crippen molar-refractivity contribution in [2.75, 3.05) is 24.5 Å². The number of rotatable bonds is 5. The van der Waals surface area contributed by atoms with E-state index in [-0.39, 0.29) is 17.6 Å². The summed E-state index contributed by atoms with van der Waals surface area (Å²) in [6, 6.07) is 5.30. The molecule has 154 valence electrons. The van der Waals surface area contributed by atoms with E-state index >= 15 is 0 Å². The maximum atomic E-state index is 11.7. The zero-order valence-electron chi connectivity index (χ0n) is 16.9. The van der Waals surface area contributed by atoms with Crippen LogP contribution in [0.15, 0.2) is 18.2 Å². The molecule has 2 N–H and O–H groups in total. The molecule has 0 aliphatic carbocycles. The molecule has 2 aliphatic rings. The van der Waals surface area contributed by atoms with Gasteiger partial charge in [-0.25, -0.2) is 0 Å². The van der Waals surface area contributed by atoms with Crippen LogP contribution in [-0.4, -0.2) is 53.0 Å². The van der Waals surface area contributed by atoms with Gasteiger partial charge < -0.3 is 15.4 Å². The Hall–Kier alpha value is -2.35. The van der Waals surface area contributed by atoms with E-state index in [1.165, 1.54) is 6.07 Å². The molecule has 1 aromatic carbocycles. The highest BCUT2D eigenvalue weighted by atomic mass is 16.6. The van der Waals surface area contributed by atoms with Gasteiger partial charge in [0, 0.05) is 37.0 Å². The number of benzene rings is 1. The van der Waals surface area contributed by atoms with E-state index in [0.717, 1.165) is 51.0 Å². The van der Waals surface area contributed by atoms with Gasteiger partial charge in [-0.15, -0.1) is 0 Å². The van der Waals surface area contributed by atoms with Crippen LogP contribution in [-0.2, 0) is 4.79 Å². The maximum Gasteiger partial charge on any atom is 0.311 e. The Morgan fingerprint density at radius 3 is 2.46 bits per heavy atom. The number of ether oxygens (including phenoxy) is 1. The number of piperidine rings is 1. The van der Waals surface area contributed by atoms with Crippen LogP contribution in [0.1, 0.15) is 46.5 Å². The molecule has 2 fully saturated rings. The van der Waals surface area contributed by atoms with Crippen molar-refractivity contribution in [2.24, 2.45) is 5.73 Å². The van der Waals surface area contributed by atoms with Gasteiger partial charge in [-0.3, -0.25) is 19.8 Å². The summed E-state index contributed by atoms with van der Waals surface area (Å²) in [6.45, 7) is 8.22. The SMILES string of the molecule is CC(C)(C)Oc1cc(N2CCC(N3CCCC3C(N)=O)CC2)ccc1[N+](=O)[O-]. The highest BCUT2D eigenvalue weighted by molar-refractivity contribution is 5.80. The maximum absolute atomic E-state index is 11.7. The Kier molecular flexibility index (Phi) is 5.79. The summed E-state index contributed by atoms with van der Waals surface area (Å²) in [4.78, 5) is 27.1. The van der Waals surface area contributed by atoms with Gasteiger partial charge in [-0.05, 0) is 59.1 Å². The molecule has 2 heterocycles. The van der Waals surface area contributed by atoms with E-state index in [0.29, 0.717) is 11.8 Å². The number of nitro groups is 1. The van der Waals surface area contributed by atoms with Crippen LogP contribution in [0.2, 0.25) is 0 Å². The third-order valence-corrected chi connectivity index (χ3v) is 5.48. The first-order valence-corrected chi connectivity index (χ1v) is 9.93. The van der Waals surface area contributed by atoms with Gasteiger partial charge in [0.15, 0.2) is 5.75 Å². The molecule has 8 nitrogen and oxygen atoms in total. The molecule has 0 aromatic heterocycles. The van der Waals surface area contributed by atoms with Crippen molar-refractivity contribution in [1.29, 1.82) is 0 Å². The third-order valence-electron chi connectivity index (χ3n) is 5.48. The molecule has 0 bridgehead atoms. The van der Waals surface area contributed by atoms with Crippen molar-refractivity contribution in [3.8, 4) is 5.75 Å². The van der Waals surface area contributed by atoms with Gasteiger partial charge >= 0.3 is 5.69 Å². The Morgan fingerprint density at radius 1 is 1.21 bits per heavy atom. The fourth-order valence-electron chi connectivity index (χ4n) is 4.25. The Bertz CT molecular complexity index is 738. The quantitative estimate of drug-likeness (QED) is 0.613. The molecule has 1 aromatic rings. The van der Waals surface area contributed by atoms with E-state index in [1.807, 2.05) is 20.8 Å². The molecular formula is C20H30N4O4. The smallest absolute Gasteiger partial charge is 0.311 e. The molecule has 0 radical (unpaired) electrons. The first-order valence-electron chi connectivity index (χ1n) is 9.93. The van der Waals surface area contributed by atoms with E-state index in [2.05, 4.69) is 9.80 Å². The predicted octanol–water partition coefficient (Wildman–Crippen LogP) is 2.69. The molecule has 28 heavy (non-hydrogen) atoms. The average Bonchev–Trinajstić information content (AvgIpc) is 3.10. The predicted molar refractivity (Wildman–Crippen MR) is 108 cm³/mol. The molecule has 2 saturated heterocycles. The van der Waals surface area contributed by atoms with Crippen molar-refractivity contribution < 1.29 is 14.5 Å². The number of nitrogens with zero attached hydrogens (tertiary/aromatic N) is 3. The molecule has 1 atom stereocenters. The van der Waals surface area contributed by atoms with Crippen LogP contribution < -0.4 is 15.4 Å². The second kappa shape index (κ2) is 7.95. The van der Waals surface area contributed by atoms with Crippen LogP contribution in [0, 0.1) is 10.1 Å². The van der Waals surface area contributed by atoms with E-state index < -0.39 is 10.5 Å². The summed E-state index contributed by atoms with van der Waals surface area (Å²) in [6.07, 6.45) is 3.75. The number of hydrogen-bond donors (Lipinski definition) is 1. The highest BCUT2D eigenvalue weighted by Gasteiger charge is 2.36. The minimum Gasteiger partial charge on any atom is -0.481 e. The van der Waals surface area contributed by atoms with Crippen molar-refractivity contribution in [3.63, 3.8) is 0 Å². The van der Waals surface area contributed by atoms with Crippen LogP contribution in [0.5, 0.6) is 5.75 Å². The van der Waals surface area contributed by atoms with Crippen molar-refractivity contribution in [3.05, 3.63) is 28.3 Å². The number of nitro benzene ring substituents is 1. The minimum absolute atomic E-state index is 0.0186. The lowest BCUT2D eigenvalue weighted by Gasteiger charge is -2.39. The summed E-state index contributed by atoms with van der Waals surface area (Å²) in [5, 5.41) is 11.3. The zero-order valence-corrected chi connectivity index (χ0v) is 16.9. The zero-order chi connectivity index (χ0) is 20.5. The highest BCUT2D eigenvalue weighted by Crippen LogP contribution is 2.35. The van der Waals surface area contributed by atoms with Crippen LogP contribution in [0.3, 0.4) is 0 Å². The summed E-state index contributed by atoms with van der Waals surface area (Å²) in [5.74, 6) is 0.0738. The van der Waals surface area contributed by atoms with Gasteiger partial charge in [0.2, 0.25) is 5.91 Å². The third kappa shape index (κ3) is 4.55. The molecule has 8 heteroatoms. The first kappa shape index (κ1) is 20.4. The van der Waals surface area contributed by atoms with Gasteiger partial charge in [0.25, 0.3) is 0 Å². The number of primary amides is 1. The molecule has 1 unspecified atom stereocenters. The Morgan fingerprint density at radius 2 is 1.89 bits per heavy atom. The van der Waals surface area contributed by atoms with Gasteiger partial charge in [0.05, 0.1) is 11.0 Å². The number of nitrogens with two attached hydrogens (primary N) is 1. The van der Waals surface area contributed by atoms with Crippen molar-refractivity contribution in [2.45, 2.75) is 64.1 Å². The largest absolute Gasteiger partial charge is 0.481 e. The number of carbonyl (C=O) groups is 1. The number of likely N-dealkylation sites (tertiary alicyclic amines) is 1. The van der Waals surface area contributed by atoms with Crippen molar-refractivity contribution >= 4 is 17.3 Å². The number of hydrogen-bond acceptors (Lipinski definition) is 6. The number of amides is 1. The van der Waals surface area contributed by atoms with Crippen LogP contribution >= 0.6 is 0 Å². The second-order valence-electron chi connectivity index (χ2n) is 8.64. The lowest BCUT2D eigenvalue weighted by Crippen LogP contribution is -2.50.